The van der Waals surface area contributed by atoms with E-state index in [2.05, 4.69) is 4.98 Å². The van der Waals surface area contributed by atoms with Crippen LogP contribution in [-0.4, -0.2) is 59.4 Å². The van der Waals surface area contributed by atoms with E-state index in [0.29, 0.717) is 36.6 Å². The number of hydrogen-bond donors (Lipinski definition) is 1. The van der Waals surface area contributed by atoms with Crippen LogP contribution < -0.4 is 5.56 Å². The minimum atomic E-state index is -3.33. The van der Waals surface area contributed by atoms with Crippen LogP contribution in [0.3, 0.4) is 0 Å². The van der Waals surface area contributed by atoms with Gasteiger partial charge in [-0.3, -0.25) is 9.59 Å². The van der Waals surface area contributed by atoms with Gasteiger partial charge in [0.2, 0.25) is 15.9 Å². The fraction of sp³-hybridized carbons (Fsp3) is 0.737. The molecule has 0 radical (unpaired) electrons. The number of rotatable bonds is 3. The van der Waals surface area contributed by atoms with Crippen molar-refractivity contribution >= 4 is 15.9 Å². The highest BCUT2D eigenvalue weighted by atomic mass is 32.2. The van der Waals surface area contributed by atoms with Crippen molar-refractivity contribution in [2.45, 2.75) is 57.4 Å². The largest absolute Gasteiger partial charge is 0.342 e. The molecule has 1 amide bonds. The van der Waals surface area contributed by atoms with Crippen LogP contribution in [0.15, 0.2) is 4.79 Å². The normalized spacial score (nSPS) is 24.3. The number of fused-ring (bicyclic) bond motifs is 1. The molecule has 1 atom stereocenters. The molecule has 2 aliphatic heterocycles. The third-order valence-corrected chi connectivity index (χ3v) is 7.59. The number of piperidine rings is 1. The summed E-state index contributed by atoms with van der Waals surface area (Å²) in [6, 6.07) is 0. The Labute approximate surface area is 165 Å². The monoisotopic (exact) mass is 408 g/mol. The molecule has 1 saturated carbocycles. The topological polar surface area (TPSA) is 103 Å². The Hall–Kier alpha value is -1.74. The van der Waals surface area contributed by atoms with Crippen LogP contribution in [0.25, 0.3) is 0 Å². The smallest absolute Gasteiger partial charge is 0.255 e. The van der Waals surface area contributed by atoms with Crippen LogP contribution in [0, 0.1) is 5.92 Å². The van der Waals surface area contributed by atoms with Crippen molar-refractivity contribution in [2.75, 3.05) is 25.9 Å². The lowest BCUT2D eigenvalue weighted by Crippen LogP contribution is -2.43. The standard InChI is InChI=1S/C19H28N4O4S/c1-28(26,27)23-10-8-16-15(12-23)18(24)21-17(20-16)14-7-4-9-22(11-14)19(25)13-5-2-3-6-13/h13-14H,2-12H2,1H3,(H,20,21,24). The van der Waals surface area contributed by atoms with Gasteiger partial charge in [-0.25, -0.2) is 13.4 Å². The van der Waals surface area contributed by atoms with E-state index in [-0.39, 0.29) is 29.8 Å². The first kappa shape index (κ1) is 19.6. The van der Waals surface area contributed by atoms with Gasteiger partial charge in [0, 0.05) is 44.4 Å². The fourth-order valence-corrected chi connectivity index (χ4v) is 5.51. The molecular weight excluding hydrogens is 380 g/mol. The summed E-state index contributed by atoms with van der Waals surface area (Å²) in [4.78, 5) is 34.9. The molecule has 1 aliphatic carbocycles. The van der Waals surface area contributed by atoms with Crippen molar-refractivity contribution in [2.24, 2.45) is 5.92 Å². The maximum atomic E-state index is 12.8. The highest BCUT2D eigenvalue weighted by Crippen LogP contribution is 2.31. The Bertz CT molecular complexity index is 920. The number of carbonyl (C=O) groups excluding carboxylic acids is 1. The van der Waals surface area contributed by atoms with Crippen molar-refractivity contribution in [3.63, 3.8) is 0 Å². The first-order valence-corrected chi connectivity index (χ1v) is 12.0. The van der Waals surface area contributed by atoms with Gasteiger partial charge in [0.1, 0.15) is 5.82 Å². The van der Waals surface area contributed by atoms with Crippen LogP contribution in [0.2, 0.25) is 0 Å². The van der Waals surface area contributed by atoms with E-state index in [1.165, 1.54) is 4.31 Å². The molecule has 8 nitrogen and oxygen atoms in total. The molecule has 28 heavy (non-hydrogen) atoms. The second kappa shape index (κ2) is 7.59. The summed E-state index contributed by atoms with van der Waals surface area (Å²) >= 11 is 0. The van der Waals surface area contributed by atoms with Gasteiger partial charge in [-0.2, -0.15) is 4.31 Å². The van der Waals surface area contributed by atoms with Gasteiger partial charge in [0.15, 0.2) is 0 Å². The average Bonchev–Trinajstić information content (AvgIpc) is 3.21. The zero-order chi connectivity index (χ0) is 19.9. The number of H-pyrrole nitrogens is 1. The number of carbonyl (C=O) groups is 1. The van der Waals surface area contributed by atoms with Gasteiger partial charge >= 0.3 is 0 Å². The van der Waals surface area contributed by atoms with Crippen molar-refractivity contribution in [3.05, 3.63) is 27.4 Å². The van der Waals surface area contributed by atoms with Crippen LogP contribution >= 0.6 is 0 Å². The van der Waals surface area contributed by atoms with E-state index < -0.39 is 10.0 Å². The van der Waals surface area contributed by atoms with Crippen LogP contribution in [0.5, 0.6) is 0 Å². The summed E-state index contributed by atoms with van der Waals surface area (Å²) in [6.07, 6.45) is 7.66. The van der Waals surface area contributed by atoms with E-state index in [4.69, 9.17) is 4.98 Å². The summed E-state index contributed by atoms with van der Waals surface area (Å²) in [6.45, 7) is 1.81. The van der Waals surface area contributed by atoms with Gasteiger partial charge in [0.25, 0.3) is 5.56 Å². The second-order valence-corrected chi connectivity index (χ2v) is 10.3. The number of hydrogen-bond acceptors (Lipinski definition) is 5. The minimum absolute atomic E-state index is 0.0324. The zero-order valence-corrected chi connectivity index (χ0v) is 17.1. The van der Waals surface area contributed by atoms with Gasteiger partial charge in [-0.15, -0.1) is 0 Å². The first-order chi connectivity index (χ1) is 13.3. The van der Waals surface area contributed by atoms with E-state index >= 15 is 0 Å². The average molecular weight is 409 g/mol. The summed E-state index contributed by atoms with van der Waals surface area (Å²) in [5, 5.41) is 0. The third-order valence-electron chi connectivity index (χ3n) is 6.35. The summed E-state index contributed by atoms with van der Waals surface area (Å²) in [5.74, 6) is 1.09. The predicted octanol–water partition coefficient (Wildman–Crippen LogP) is 0.984. The number of aromatic amines is 1. The molecule has 154 valence electrons. The maximum Gasteiger partial charge on any atom is 0.255 e. The summed E-state index contributed by atoms with van der Waals surface area (Å²) in [5.41, 5.74) is 0.876. The molecule has 2 fully saturated rings. The lowest BCUT2D eigenvalue weighted by atomic mass is 9.95. The van der Waals surface area contributed by atoms with Gasteiger partial charge in [-0.05, 0) is 25.7 Å². The molecular formula is C19H28N4O4S. The molecule has 1 aromatic rings. The third kappa shape index (κ3) is 3.87. The second-order valence-electron chi connectivity index (χ2n) is 8.33. The van der Waals surface area contributed by atoms with Crippen LogP contribution in [-0.2, 0) is 27.8 Å². The number of likely N-dealkylation sites (tertiary alicyclic amines) is 1. The van der Waals surface area contributed by atoms with Crippen molar-refractivity contribution in [1.29, 1.82) is 0 Å². The minimum Gasteiger partial charge on any atom is -0.342 e. The first-order valence-electron chi connectivity index (χ1n) is 10.2. The number of nitrogens with zero attached hydrogens (tertiary/aromatic N) is 3. The van der Waals surface area contributed by atoms with Crippen molar-refractivity contribution in [3.8, 4) is 0 Å². The Morgan fingerprint density at radius 2 is 1.89 bits per heavy atom. The lowest BCUT2D eigenvalue weighted by Gasteiger charge is -2.34. The molecule has 1 N–H and O–H groups in total. The van der Waals surface area contributed by atoms with Gasteiger partial charge in [0.05, 0.1) is 17.5 Å². The SMILES string of the molecule is CS(=O)(=O)N1CCc2nc(C3CCCN(C(=O)C4CCCC4)C3)[nH]c(=O)c2C1. The molecule has 1 unspecified atom stereocenters. The molecule has 1 saturated heterocycles. The molecule has 0 aromatic carbocycles. The summed E-state index contributed by atoms with van der Waals surface area (Å²) in [7, 11) is -3.33. The highest BCUT2D eigenvalue weighted by molar-refractivity contribution is 7.88. The number of amides is 1. The van der Waals surface area contributed by atoms with Crippen LogP contribution in [0.4, 0.5) is 0 Å². The van der Waals surface area contributed by atoms with Gasteiger partial charge in [-0.1, -0.05) is 12.8 Å². The van der Waals surface area contributed by atoms with Gasteiger partial charge < -0.3 is 9.88 Å². The Balaban J connectivity index is 1.53. The molecule has 0 spiro atoms. The van der Waals surface area contributed by atoms with E-state index in [9.17, 15) is 18.0 Å². The predicted molar refractivity (Wildman–Crippen MR) is 104 cm³/mol. The number of sulfonamides is 1. The zero-order valence-electron chi connectivity index (χ0n) is 16.3. The van der Waals surface area contributed by atoms with E-state index in [1.54, 1.807) is 0 Å². The van der Waals surface area contributed by atoms with E-state index in [1.807, 2.05) is 4.90 Å². The Kier molecular flexibility index (Phi) is 5.30. The molecule has 3 aliphatic rings. The fourth-order valence-electron chi connectivity index (χ4n) is 4.73. The molecule has 1 aromatic heterocycles. The number of nitrogens with one attached hydrogen (secondary N) is 1. The summed E-state index contributed by atoms with van der Waals surface area (Å²) < 4.78 is 24.9. The molecule has 3 heterocycles. The van der Waals surface area contributed by atoms with Crippen molar-refractivity contribution < 1.29 is 13.2 Å². The van der Waals surface area contributed by atoms with Crippen LogP contribution in [0.1, 0.15) is 61.5 Å². The Morgan fingerprint density at radius 3 is 2.61 bits per heavy atom. The molecule has 9 heteroatoms. The van der Waals surface area contributed by atoms with E-state index in [0.717, 1.165) is 51.3 Å². The highest BCUT2D eigenvalue weighted by Gasteiger charge is 2.33. The molecule has 4 rings (SSSR count). The lowest BCUT2D eigenvalue weighted by molar-refractivity contribution is -0.136. The number of aromatic nitrogens is 2. The Morgan fingerprint density at radius 1 is 1.14 bits per heavy atom. The van der Waals surface area contributed by atoms with Crippen molar-refractivity contribution in [1.82, 2.24) is 19.2 Å². The maximum absolute atomic E-state index is 12.8. The quantitative estimate of drug-likeness (QED) is 0.803. The molecule has 0 bridgehead atoms.